The number of aryl methyl sites for hydroxylation is 2. The molecule has 0 spiro atoms. The Morgan fingerprint density at radius 3 is 2.45 bits per heavy atom. The van der Waals surface area contributed by atoms with E-state index in [0.717, 1.165) is 5.56 Å². The molecule has 0 aliphatic carbocycles. The van der Waals surface area contributed by atoms with Crippen molar-refractivity contribution >= 4 is 11.9 Å². The lowest BCUT2D eigenvalue weighted by atomic mass is 10.00. The third-order valence-corrected chi connectivity index (χ3v) is 3.43. The monoisotopic (exact) mass is 277 g/mol. The Morgan fingerprint density at radius 2 is 1.90 bits per heavy atom. The Labute approximate surface area is 120 Å². The molecule has 0 aliphatic rings. The van der Waals surface area contributed by atoms with Crippen molar-refractivity contribution in [3.05, 3.63) is 35.4 Å². The van der Waals surface area contributed by atoms with E-state index in [4.69, 9.17) is 5.11 Å². The van der Waals surface area contributed by atoms with E-state index in [9.17, 15) is 9.59 Å². The number of aliphatic carboxylic acids is 1. The fourth-order valence-electron chi connectivity index (χ4n) is 2.06. The summed E-state index contributed by atoms with van der Waals surface area (Å²) in [7, 11) is 0. The second kappa shape index (κ2) is 7.68. The highest BCUT2D eigenvalue weighted by Crippen LogP contribution is 2.11. The van der Waals surface area contributed by atoms with E-state index in [1.165, 1.54) is 5.56 Å². The number of amides is 1. The van der Waals surface area contributed by atoms with Gasteiger partial charge in [-0.25, -0.2) is 0 Å². The predicted octanol–water partition coefficient (Wildman–Crippen LogP) is 2.54. The van der Waals surface area contributed by atoms with Gasteiger partial charge in [-0.3, -0.25) is 9.59 Å². The van der Waals surface area contributed by atoms with Crippen LogP contribution in [0.1, 0.15) is 37.8 Å². The van der Waals surface area contributed by atoms with E-state index in [2.05, 4.69) is 5.32 Å². The number of rotatable bonds is 7. The fourth-order valence-corrected chi connectivity index (χ4v) is 2.06. The van der Waals surface area contributed by atoms with E-state index in [0.29, 0.717) is 12.8 Å². The van der Waals surface area contributed by atoms with Gasteiger partial charge in [-0.05, 0) is 30.4 Å². The van der Waals surface area contributed by atoms with E-state index in [1.807, 2.05) is 45.0 Å². The number of hydrogen-bond donors (Lipinski definition) is 2. The third kappa shape index (κ3) is 5.43. The van der Waals surface area contributed by atoms with Crippen molar-refractivity contribution in [2.24, 2.45) is 5.92 Å². The van der Waals surface area contributed by atoms with Gasteiger partial charge in [0.15, 0.2) is 0 Å². The van der Waals surface area contributed by atoms with E-state index in [1.54, 1.807) is 0 Å². The van der Waals surface area contributed by atoms with E-state index < -0.39 is 5.97 Å². The fraction of sp³-hybridized carbons (Fsp3) is 0.500. The lowest BCUT2D eigenvalue weighted by Gasteiger charge is -2.20. The predicted molar refractivity (Wildman–Crippen MR) is 78.5 cm³/mol. The highest BCUT2D eigenvalue weighted by atomic mass is 16.4. The van der Waals surface area contributed by atoms with Crippen LogP contribution < -0.4 is 5.32 Å². The van der Waals surface area contributed by atoms with Gasteiger partial charge in [-0.2, -0.15) is 0 Å². The topological polar surface area (TPSA) is 66.4 Å². The highest BCUT2D eigenvalue weighted by Gasteiger charge is 2.19. The minimum Gasteiger partial charge on any atom is -0.481 e. The van der Waals surface area contributed by atoms with Gasteiger partial charge in [0, 0.05) is 12.5 Å². The van der Waals surface area contributed by atoms with Crippen molar-refractivity contribution in [1.29, 1.82) is 0 Å². The van der Waals surface area contributed by atoms with Crippen LogP contribution in [0.5, 0.6) is 0 Å². The van der Waals surface area contributed by atoms with Crippen LogP contribution in [0.25, 0.3) is 0 Å². The Bertz CT molecular complexity index is 469. The molecule has 0 aromatic heterocycles. The van der Waals surface area contributed by atoms with Gasteiger partial charge in [0.1, 0.15) is 0 Å². The Hall–Kier alpha value is -1.84. The number of carboxylic acids is 1. The van der Waals surface area contributed by atoms with Crippen LogP contribution in [0.3, 0.4) is 0 Å². The van der Waals surface area contributed by atoms with Gasteiger partial charge >= 0.3 is 5.97 Å². The Morgan fingerprint density at radius 1 is 1.25 bits per heavy atom. The van der Waals surface area contributed by atoms with Gasteiger partial charge in [-0.15, -0.1) is 0 Å². The molecule has 1 rings (SSSR count). The molecular weight excluding hydrogens is 254 g/mol. The van der Waals surface area contributed by atoms with Gasteiger partial charge in [0.2, 0.25) is 5.91 Å². The first-order valence-electron chi connectivity index (χ1n) is 6.95. The number of nitrogens with one attached hydrogen (secondary N) is 1. The second-order valence-corrected chi connectivity index (χ2v) is 5.44. The van der Waals surface area contributed by atoms with Crippen LogP contribution in [0.4, 0.5) is 0 Å². The van der Waals surface area contributed by atoms with Crippen LogP contribution in [-0.4, -0.2) is 23.0 Å². The first-order chi connectivity index (χ1) is 9.40. The molecule has 0 aliphatic heterocycles. The summed E-state index contributed by atoms with van der Waals surface area (Å²) in [5, 5.41) is 11.7. The van der Waals surface area contributed by atoms with Crippen LogP contribution >= 0.6 is 0 Å². The molecule has 0 radical (unpaired) electrons. The molecule has 0 saturated carbocycles. The molecule has 0 fully saturated rings. The normalized spacial score (nSPS) is 12.2. The van der Waals surface area contributed by atoms with Gasteiger partial charge in [-0.1, -0.05) is 38.1 Å². The molecule has 4 heteroatoms. The molecule has 20 heavy (non-hydrogen) atoms. The zero-order valence-electron chi connectivity index (χ0n) is 12.3. The zero-order chi connectivity index (χ0) is 15.1. The van der Waals surface area contributed by atoms with Crippen molar-refractivity contribution in [3.8, 4) is 0 Å². The maximum Gasteiger partial charge on any atom is 0.305 e. The first-order valence-corrected chi connectivity index (χ1v) is 6.95. The Kier molecular flexibility index (Phi) is 6.22. The number of carboxylic acid groups (broad SMARTS) is 1. The summed E-state index contributed by atoms with van der Waals surface area (Å²) in [6.07, 6.45) is 1.03. The molecular formula is C16H23NO3. The van der Waals surface area contributed by atoms with Crippen LogP contribution in [0.2, 0.25) is 0 Å². The van der Waals surface area contributed by atoms with Gasteiger partial charge < -0.3 is 10.4 Å². The van der Waals surface area contributed by atoms with Gasteiger partial charge in [0.05, 0.1) is 6.42 Å². The standard InChI is InChI=1S/C16H23NO3/c1-11(2)14(10-16(19)20)17-15(18)9-8-13-7-5-4-6-12(13)3/h4-7,11,14H,8-10H2,1-3H3,(H,17,18)(H,19,20). The van der Waals surface area contributed by atoms with Crippen molar-refractivity contribution in [3.63, 3.8) is 0 Å². The summed E-state index contributed by atoms with van der Waals surface area (Å²) in [4.78, 5) is 22.7. The van der Waals surface area contributed by atoms with Crippen LogP contribution in [-0.2, 0) is 16.0 Å². The minimum absolute atomic E-state index is 0.0340. The molecule has 0 bridgehead atoms. The average molecular weight is 277 g/mol. The molecule has 0 heterocycles. The first kappa shape index (κ1) is 16.2. The zero-order valence-corrected chi connectivity index (χ0v) is 12.3. The highest BCUT2D eigenvalue weighted by molar-refractivity contribution is 5.77. The number of carbonyl (C=O) groups excluding carboxylic acids is 1. The lowest BCUT2D eigenvalue weighted by Crippen LogP contribution is -2.40. The largest absolute Gasteiger partial charge is 0.481 e. The van der Waals surface area contributed by atoms with Crippen molar-refractivity contribution in [2.45, 2.75) is 46.1 Å². The van der Waals surface area contributed by atoms with E-state index >= 15 is 0 Å². The number of carbonyl (C=O) groups is 2. The molecule has 1 aromatic carbocycles. The summed E-state index contributed by atoms with van der Waals surface area (Å²) in [6, 6.07) is 7.66. The molecule has 110 valence electrons. The maximum absolute atomic E-state index is 11.9. The number of hydrogen-bond acceptors (Lipinski definition) is 2. The van der Waals surface area contributed by atoms with Crippen molar-refractivity contribution in [1.82, 2.24) is 5.32 Å². The molecule has 1 aromatic rings. The van der Waals surface area contributed by atoms with Crippen molar-refractivity contribution < 1.29 is 14.7 Å². The summed E-state index contributed by atoms with van der Waals surface area (Å²) in [6.45, 7) is 5.85. The average Bonchev–Trinajstić information content (AvgIpc) is 2.36. The molecule has 1 atom stereocenters. The Balaban J connectivity index is 2.50. The summed E-state index contributed by atoms with van der Waals surface area (Å²) < 4.78 is 0. The molecule has 2 N–H and O–H groups in total. The van der Waals surface area contributed by atoms with Crippen molar-refractivity contribution in [2.75, 3.05) is 0 Å². The molecule has 4 nitrogen and oxygen atoms in total. The maximum atomic E-state index is 11.9. The molecule has 1 amide bonds. The van der Waals surface area contributed by atoms with Gasteiger partial charge in [0.25, 0.3) is 0 Å². The van der Waals surface area contributed by atoms with E-state index in [-0.39, 0.29) is 24.3 Å². The van der Waals surface area contributed by atoms with Crippen LogP contribution in [0, 0.1) is 12.8 Å². The summed E-state index contributed by atoms with van der Waals surface area (Å²) in [5.74, 6) is -0.871. The number of benzene rings is 1. The summed E-state index contributed by atoms with van der Waals surface area (Å²) in [5.41, 5.74) is 2.33. The lowest BCUT2D eigenvalue weighted by molar-refractivity contribution is -0.138. The van der Waals surface area contributed by atoms with Crippen LogP contribution in [0.15, 0.2) is 24.3 Å². The SMILES string of the molecule is Cc1ccccc1CCC(=O)NC(CC(=O)O)C(C)C. The quantitative estimate of drug-likeness (QED) is 0.805. The second-order valence-electron chi connectivity index (χ2n) is 5.44. The summed E-state index contributed by atoms with van der Waals surface area (Å²) >= 11 is 0. The smallest absolute Gasteiger partial charge is 0.305 e. The minimum atomic E-state index is -0.886. The molecule has 1 unspecified atom stereocenters. The third-order valence-electron chi connectivity index (χ3n) is 3.43. The molecule has 0 saturated heterocycles.